The van der Waals surface area contributed by atoms with E-state index in [9.17, 15) is 0 Å². The van der Waals surface area contributed by atoms with Crippen LogP contribution in [0, 0.1) is 0 Å². The molecule has 0 spiro atoms. The first-order valence-electron chi connectivity index (χ1n) is 6.30. The summed E-state index contributed by atoms with van der Waals surface area (Å²) in [6.45, 7) is 1.47. The van der Waals surface area contributed by atoms with Crippen LogP contribution in [0.25, 0.3) is 0 Å². The van der Waals surface area contributed by atoms with Gasteiger partial charge in [0.1, 0.15) is 5.41 Å². The van der Waals surface area contributed by atoms with Gasteiger partial charge in [-0.15, -0.1) is 0 Å². The maximum Gasteiger partial charge on any atom is 0.100 e. The number of nitrogens with one attached hydrogen (secondary N) is 2. The van der Waals surface area contributed by atoms with Crippen molar-refractivity contribution in [1.29, 1.82) is 0 Å². The molecule has 1 aliphatic rings. The van der Waals surface area contributed by atoms with Gasteiger partial charge in [0, 0.05) is 12.7 Å². The number of nitrogens with zero attached hydrogens (tertiary/aromatic N) is 1. The smallest absolute Gasteiger partial charge is 0.100 e. The highest BCUT2D eigenvalue weighted by Gasteiger charge is 2.41. The molecular formula is C15H15N3S. The van der Waals surface area contributed by atoms with Gasteiger partial charge in [-0.25, -0.2) is 0 Å². The Kier molecular flexibility index (Phi) is 3.27. The van der Waals surface area contributed by atoms with Crippen LogP contribution >= 0.6 is 12.2 Å². The van der Waals surface area contributed by atoms with Crippen LogP contribution in [0.5, 0.6) is 0 Å². The number of hydrogen-bond acceptors (Lipinski definition) is 3. The van der Waals surface area contributed by atoms with Gasteiger partial charge >= 0.3 is 0 Å². The molecule has 1 aliphatic heterocycles. The molecule has 96 valence electrons. The lowest BCUT2D eigenvalue weighted by atomic mass is 9.76. The molecule has 19 heavy (non-hydrogen) atoms. The van der Waals surface area contributed by atoms with Crippen LogP contribution in [0.2, 0.25) is 0 Å². The second-order valence-electron chi connectivity index (χ2n) is 4.60. The molecule has 0 saturated carbocycles. The molecule has 1 atom stereocenters. The Morgan fingerprint density at radius 1 is 1.05 bits per heavy atom. The van der Waals surface area contributed by atoms with Crippen LogP contribution in [-0.4, -0.2) is 23.2 Å². The van der Waals surface area contributed by atoms with E-state index < -0.39 is 0 Å². The Morgan fingerprint density at radius 2 is 1.84 bits per heavy atom. The molecule has 1 unspecified atom stereocenters. The van der Waals surface area contributed by atoms with Gasteiger partial charge in [0.25, 0.3) is 0 Å². The first-order chi connectivity index (χ1) is 9.34. The van der Waals surface area contributed by atoms with Crippen molar-refractivity contribution in [2.24, 2.45) is 0 Å². The molecule has 1 fully saturated rings. The quantitative estimate of drug-likeness (QED) is 0.816. The van der Waals surface area contributed by atoms with Crippen molar-refractivity contribution in [2.45, 2.75) is 5.41 Å². The second kappa shape index (κ2) is 5.07. The Labute approximate surface area is 118 Å². The summed E-state index contributed by atoms with van der Waals surface area (Å²) < 4.78 is 0. The predicted molar refractivity (Wildman–Crippen MR) is 80.1 cm³/mol. The summed E-state index contributed by atoms with van der Waals surface area (Å²) in [6, 6.07) is 16.3. The highest BCUT2D eigenvalue weighted by Crippen LogP contribution is 2.32. The highest BCUT2D eigenvalue weighted by atomic mass is 32.1. The third-order valence-electron chi connectivity index (χ3n) is 3.52. The molecule has 0 aliphatic carbocycles. The highest BCUT2D eigenvalue weighted by molar-refractivity contribution is 7.80. The first kappa shape index (κ1) is 12.3. The Bertz CT molecular complexity index is 529. The zero-order valence-electron chi connectivity index (χ0n) is 10.5. The lowest BCUT2D eigenvalue weighted by molar-refractivity contribution is 0.505. The summed E-state index contributed by atoms with van der Waals surface area (Å²) in [5.74, 6) is 0. The molecule has 1 saturated heterocycles. The molecule has 2 heterocycles. The number of thiocarbonyl (C=S) groups is 1. The van der Waals surface area contributed by atoms with Crippen molar-refractivity contribution in [3.63, 3.8) is 0 Å². The monoisotopic (exact) mass is 269 g/mol. The minimum absolute atomic E-state index is 0.379. The Hall–Kier alpha value is -1.78. The minimum atomic E-state index is -0.379. The van der Waals surface area contributed by atoms with Crippen LogP contribution in [0.1, 0.15) is 11.3 Å². The van der Waals surface area contributed by atoms with Crippen LogP contribution in [0.4, 0.5) is 0 Å². The maximum atomic E-state index is 5.61. The molecule has 1 aromatic heterocycles. The van der Waals surface area contributed by atoms with Gasteiger partial charge in [0.2, 0.25) is 0 Å². The summed E-state index contributed by atoms with van der Waals surface area (Å²) in [6.07, 6.45) is 1.82. The molecule has 0 radical (unpaired) electrons. The van der Waals surface area contributed by atoms with E-state index >= 15 is 0 Å². The molecule has 2 N–H and O–H groups in total. The third-order valence-corrected chi connectivity index (χ3v) is 4.01. The maximum absolute atomic E-state index is 5.61. The van der Waals surface area contributed by atoms with Gasteiger partial charge in [0.05, 0.1) is 17.4 Å². The molecule has 4 heteroatoms. The molecular weight excluding hydrogens is 254 g/mol. The van der Waals surface area contributed by atoms with E-state index in [0.29, 0.717) is 6.67 Å². The fourth-order valence-corrected chi connectivity index (χ4v) is 2.92. The second-order valence-corrected chi connectivity index (χ2v) is 5.00. The standard InChI is InChI=1S/C15H15N3S/c19-14-15(10-16-11-18-14,12-6-2-1-3-7-12)13-8-4-5-9-17-13/h1-9,16H,10-11H2,(H,18,19). The summed E-state index contributed by atoms with van der Waals surface area (Å²) in [4.78, 5) is 5.36. The Balaban J connectivity index is 2.19. The van der Waals surface area contributed by atoms with Crippen molar-refractivity contribution in [2.75, 3.05) is 13.2 Å². The number of aromatic nitrogens is 1. The zero-order chi connectivity index (χ0) is 13.1. The van der Waals surface area contributed by atoms with Gasteiger partial charge in [-0.05, 0) is 17.7 Å². The number of benzene rings is 1. The first-order valence-corrected chi connectivity index (χ1v) is 6.71. The molecule has 3 nitrogen and oxygen atoms in total. The van der Waals surface area contributed by atoms with E-state index in [4.69, 9.17) is 12.2 Å². The van der Waals surface area contributed by atoms with Crippen molar-refractivity contribution in [1.82, 2.24) is 15.6 Å². The predicted octanol–water partition coefficient (Wildman–Crippen LogP) is 1.85. The van der Waals surface area contributed by atoms with E-state index in [1.54, 1.807) is 0 Å². The molecule has 1 aromatic carbocycles. The fourth-order valence-electron chi connectivity index (χ4n) is 2.55. The lowest BCUT2D eigenvalue weighted by Gasteiger charge is -2.39. The molecule has 2 aromatic rings. The summed E-state index contributed by atoms with van der Waals surface area (Å²) in [5.41, 5.74) is 1.76. The van der Waals surface area contributed by atoms with E-state index in [2.05, 4.69) is 27.8 Å². The fraction of sp³-hybridized carbons (Fsp3) is 0.200. The van der Waals surface area contributed by atoms with Crippen molar-refractivity contribution < 1.29 is 0 Å². The van der Waals surface area contributed by atoms with E-state index in [-0.39, 0.29) is 5.41 Å². The van der Waals surface area contributed by atoms with Gasteiger partial charge in [0.15, 0.2) is 0 Å². The topological polar surface area (TPSA) is 37.0 Å². The van der Waals surface area contributed by atoms with Crippen LogP contribution in [-0.2, 0) is 5.41 Å². The third kappa shape index (κ3) is 2.03. The summed E-state index contributed by atoms with van der Waals surface area (Å²) in [5, 5.41) is 6.61. The lowest BCUT2D eigenvalue weighted by Crippen LogP contribution is -2.58. The molecule has 3 rings (SSSR count). The van der Waals surface area contributed by atoms with Crippen LogP contribution in [0.3, 0.4) is 0 Å². The number of hydrogen-bond donors (Lipinski definition) is 2. The SMILES string of the molecule is S=C1NCNCC1(c1ccccc1)c1ccccn1. The van der Waals surface area contributed by atoms with Crippen LogP contribution < -0.4 is 10.6 Å². The minimum Gasteiger partial charge on any atom is -0.366 e. The van der Waals surface area contributed by atoms with E-state index in [1.807, 2.05) is 42.6 Å². The van der Waals surface area contributed by atoms with Crippen molar-refractivity contribution >= 4 is 17.2 Å². The Morgan fingerprint density at radius 3 is 2.53 bits per heavy atom. The molecule has 0 amide bonds. The normalized spacial score (nSPS) is 22.8. The van der Waals surface area contributed by atoms with Crippen molar-refractivity contribution in [3.8, 4) is 0 Å². The van der Waals surface area contributed by atoms with E-state index in [1.165, 1.54) is 5.56 Å². The van der Waals surface area contributed by atoms with Gasteiger partial charge in [-0.1, -0.05) is 48.6 Å². The van der Waals surface area contributed by atoms with Gasteiger partial charge < -0.3 is 5.32 Å². The van der Waals surface area contributed by atoms with Gasteiger partial charge in [-0.3, -0.25) is 10.3 Å². The number of rotatable bonds is 2. The number of pyridine rings is 1. The zero-order valence-corrected chi connectivity index (χ0v) is 11.3. The van der Waals surface area contributed by atoms with Crippen LogP contribution in [0.15, 0.2) is 54.7 Å². The largest absolute Gasteiger partial charge is 0.366 e. The average Bonchev–Trinajstić information content (AvgIpc) is 2.50. The van der Waals surface area contributed by atoms with Crippen molar-refractivity contribution in [3.05, 3.63) is 66.0 Å². The average molecular weight is 269 g/mol. The van der Waals surface area contributed by atoms with E-state index in [0.717, 1.165) is 17.2 Å². The summed E-state index contributed by atoms with van der Waals surface area (Å²) >= 11 is 5.61. The summed E-state index contributed by atoms with van der Waals surface area (Å²) in [7, 11) is 0. The molecule has 0 bridgehead atoms. The van der Waals surface area contributed by atoms with Gasteiger partial charge in [-0.2, -0.15) is 0 Å².